The number of hydrogen-bond donors (Lipinski definition) is 0. The molecule has 0 atom stereocenters. The summed E-state index contributed by atoms with van der Waals surface area (Å²) in [7, 11) is 1.64. The van der Waals surface area contributed by atoms with E-state index < -0.39 is 0 Å². The first-order chi connectivity index (χ1) is 8.26. The number of halogens is 1. The summed E-state index contributed by atoms with van der Waals surface area (Å²) in [5.41, 5.74) is 0.781. The number of methoxy groups -OCH3 is 1. The fourth-order valence-electron chi connectivity index (χ4n) is 1.53. The molecule has 17 heavy (non-hydrogen) atoms. The molecular weight excluding hydrogens is 302 g/mol. The van der Waals surface area contributed by atoms with Crippen molar-refractivity contribution in [1.29, 1.82) is 0 Å². The van der Waals surface area contributed by atoms with Crippen LogP contribution in [0.2, 0.25) is 0 Å². The number of ether oxygens (including phenoxy) is 1. The predicted octanol–water partition coefficient (Wildman–Crippen LogP) is 3.23. The third-order valence-corrected chi connectivity index (χ3v) is 3.96. The van der Waals surface area contributed by atoms with Crippen molar-refractivity contribution in [3.63, 3.8) is 0 Å². The van der Waals surface area contributed by atoms with E-state index in [1.54, 1.807) is 23.0 Å². The lowest BCUT2D eigenvalue weighted by Crippen LogP contribution is -1.88. The molecule has 0 amide bonds. The summed E-state index contributed by atoms with van der Waals surface area (Å²) in [6, 6.07) is 7.71. The smallest absolute Gasteiger partial charge is 0.192 e. The third-order valence-electron chi connectivity index (χ3n) is 2.34. The van der Waals surface area contributed by atoms with E-state index in [0.717, 1.165) is 25.9 Å². The summed E-state index contributed by atoms with van der Waals surface area (Å²) < 4.78 is 7.97. The van der Waals surface area contributed by atoms with Gasteiger partial charge in [0.05, 0.1) is 15.8 Å². The molecule has 0 aromatic carbocycles. The third kappa shape index (κ3) is 1.94. The molecule has 0 aliphatic heterocycles. The second kappa shape index (κ2) is 4.12. The normalized spacial score (nSPS) is 10.9. The number of hydrogen-bond acceptors (Lipinski definition) is 4. The number of nitrogens with zero attached hydrogens (tertiary/aromatic N) is 3. The lowest BCUT2D eigenvalue weighted by Gasteiger charge is -1.97. The molecule has 0 saturated carbocycles. The Morgan fingerprint density at radius 1 is 1.35 bits per heavy atom. The maximum atomic E-state index is 5.16. The van der Waals surface area contributed by atoms with E-state index in [1.165, 1.54) is 0 Å². The van der Waals surface area contributed by atoms with Gasteiger partial charge in [-0.2, -0.15) is 0 Å². The fourth-order valence-corrected chi connectivity index (χ4v) is 2.84. The Kier molecular flexibility index (Phi) is 2.60. The molecule has 0 fully saturated rings. The van der Waals surface area contributed by atoms with Crippen molar-refractivity contribution in [2.75, 3.05) is 7.11 Å². The van der Waals surface area contributed by atoms with E-state index in [1.807, 2.05) is 30.5 Å². The number of pyridine rings is 1. The van der Waals surface area contributed by atoms with Gasteiger partial charge >= 0.3 is 0 Å². The molecule has 0 aliphatic carbocycles. The molecule has 3 rings (SSSR count). The lowest BCUT2D eigenvalue weighted by atomic mass is 10.4. The molecule has 0 aliphatic rings. The summed E-state index contributed by atoms with van der Waals surface area (Å²) in [5, 5.41) is 4.41. The van der Waals surface area contributed by atoms with Crippen LogP contribution in [0.4, 0.5) is 0 Å². The topological polar surface area (TPSA) is 39.4 Å². The van der Waals surface area contributed by atoms with Gasteiger partial charge in [0.15, 0.2) is 11.5 Å². The first kappa shape index (κ1) is 10.7. The second-order valence-electron chi connectivity index (χ2n) is 3.41. The highest BCUT2D eigenvalue weighted by Gasteiger charge is 2.09. The van der Waals surface area contributed by atoms with Crippen molar-refractivity contribution in [3.05, 3.63) is 34.2 Å². The number of thiophene rings is 1. The Labute approximate surface area is 110 Å². The average Bonchev–Trinajstić information content (AvgIpc) is 2.93. The van der Waals surface area contributed by atoms with Crippen LogP contribution in [-0.4, -0.2) is 21.7 Å². The van der Waals surface area contributed by atoms with Crippen molar-refractivity contribution in [1.82, 2.24) is 14.6 Å². The van der Waals surface area contributed by atoms with Gasteiger partial charge in [-0.1, -0.05) is 0 Å². The number of aromatic nitrogens is 3. The van der Waals surface area contributed by atoms with E-state index in [4.69, 9.17) is 4.74 Å². The molecule has 86 valence electrons. The van der Waals surface area contributed by atoms with Crippen LogP contribution in [0.5, 0.6) is 5.75 Å². The van der Waals surface area contributed by atoms with E-state index in [2.05, 4.69) is 26.0 Å². The summed E-state index contributed by atoms with van der Waals surface area (Å²) in [4.78, 5) is 5.51. The van der Waals surface area contributed by atoms with Crippen LogP contribution < -0.4 is 4.74 Å². The first-order valence-corrected chi connectivity index (χ1v) is 6.53. The van der Waals surface area contributed by atoms with E-state index in [-0.39, 0.29) is 0 Å². The second-order valence-corrected chi connectivity index (χ2v) is 5.87. The molecule has 0 spiro atoms. The van der Waals surface area contributed by atoms with Gasteiger partial charge in [0.1, 0.15) is 5.75 Å². The first-order valence-electron chi connectivity index (χ1n) is 4.92. The van der Waals surface area contributed by atoms with Gasteiger partial charge in [0, 0.05) is 12.3 Å². The quantitative estimate of drug-likeness (QED) is 0.729. The van der Waals surface area contributed by atoms with Crippen LogP contribution in [-0.2, 0) is 0 Å². The van der Waals surface area contributed by atoms with E-state index in [0.29, 0.717) is 0 Å². The molecule has 0 unspecified atom stereocenters. The molecule has 0 radical (unpaired) electrons. The highest BCUT2D eigenvalue weighted by molar-refractivity contribution is 9.11. The summed E-state index contributed by atoms with van der Waals surface area (Å²) in [6.07, 6.45) is 1.84. The minimum Gasteiger partial charge on any atom is -0.497 e. The van der Waals surface area contributed by atoms with Crippen molar-refractivity contribution in [2.24, 2.45) is 0 Å². The maximum Gasteiger partial charge on any atom is 0.192 e. The van der Waals surface area contributed by atoms with Gasteiger partial charge in [0.2, 0.25) is 0 Å². The van der Waals surface area contributed by atoms with Crippen molar-refractivity contribution in [2.45, 2.75) is 0 Å². The van der Waals surface area contributed by atoms with Crippen LogP contribution in [0.15, 0.2) is 34.2 Å². The Morgan fingerprint density at radius 2 is 2.24 bits per heavy atom. The zero-order chi connectivity index (χ0) is 11.8. The maximum absolute atomic E-state index is 5.16. The zero-order valence-corrected chi connectivity index (χ0v) is 11.3. The molecule has 3 heterocycles. The Morgan fingerprint density at radius 3 is 2.94 bits per heavy atom. The van der Waals surface area contributed by atoms with Crippen LogP contribution in [0, 0.1) is 0 Å². The zero-order valence-electron chi connectivity index (χ0n) is 8.92. The van der Waals surface area contributed by atoms with Crippen LogP contribution in [0.25, 0.3) is 16.3 Å². The van der Waals surface area contributed by atoms with Crippen LogP contribution in [0.1, 0.15) is 0 Å². The molecule has 3 aromatic heterocycles. The van der Waals surface area contributed by atoms with Gasteiger partial charge in [-0.25, -0.2) is 9.50 Å². The minimum absolute atomic E-state index is 0.731. The molecule has 0 bridgehead atoms. The Balaban J connectivity index is 2.13. The van der Waals surface area contributed by atoms with Gasteiger partial charge in [-0.3, -0.25) is 0 Å². The SMILES string of the molecule is COc1ccn2nc(-c3ccc(Br)s3)nc2c1. The number of rotatable bonds is 2. The average molecular weight is 310 g/mol. The highest BCUT2D eigenvalue weighted by Crippen LogP contribution is 2.29. The standard InChI is InChI=1S/C11H8BrN3OS/c1-16-7-4-5-15-10(6-7)13-11(14-15)8-2-3-9(12)17-8/h2-6H,1H3. The Bertz CT molecular complexity index is 676. The molecule has 6 heteroatoms. The van der Waals surface area contributed by atoms with Crippen molar-refractivity contribution < 1.29 is 4.74 Å². The fraction of sp³-hybridized carbons (Fsp3) is 0.0909. The van der Waals surface area contributed by atoms with Crippen molar-refractivity contribution in [3.8, 4) is 16.5 Å². The van der Waals surface area contributed by atoms with Gasteiger partial charge in [-0.05, 0) is 34.1 Å². The minimum atomic E-state index is 0.731. The Hall–Kier alpha value is -1.40. The van der Waals surface area contributed by atoms with Crippen LogP contribution in [0.3, 0.4) is 0 Å². The summed E-state index contributed by atoms with van der Waals surface area (Å²) in [5.74, 6) is 1.51. The summed E-state index contributed by atoms with van der Waals surface area (Å²) in [6.45, 7) is 0. The van der Waals surface area contributed by atoms with Gasteiger partial charge in [0.25, 0.3) is 0 Å². The molecule has 3 aromatic rings. The molecular formula is C11H8BrN3OS. The monoisotopic (exact) mass is 309 g/mol. The molecule has 4 nitrogen and oxygen atoms in total. The molecule has 0 N–H and O–H groups in total. The van der Waals surface area contributed by atoms with E-state index in [9.17, 15) is 0 Å². The van der Waals surface area contributed by atoms with Gasteiger partial charge < -0.3 is 4.74 Å². The van der Waals surface area contributed by atoms with E-state index >= 15 is 0 Å². The van der Waals surface area contributed by atoms with Gasteiger partial charge in [-0.15, -0.1) is 16.4 Å². The largest absolute Gasteiger partial charge is 0.497 e. The van der Waals surface area contributed by atoms with Crippen LogP contribution >= 0.6 is 27.3 Å². The number of fused-ring (bicyclic) bond motifs is 1. The predicted molar refractivity (Wildman–Crippen MR) is 70.6 cm³/mol. The summed E-state index contributed by atoms with van der Waals surface area (Å²) >= 11 is 5.05. The van der Waals surface area contributed by atoms with Crippen molar-refractivity contribution >= 4 is 32.9 Å². The molecule has 0 saturated heterocycles. The lowest BCUT2D eigenvalue weighted by molar-refractivity contribution is 0.414. The highest BCUT2D eigenvalue weighted by atomic mass is 79.9.